The standard InChI is InChI=1S/C22H27F3N2O2S/c1-3-10-27-19-8-6-16-11-18(5-4-17(16)12-19)20-13-15(14(2)22(23,24)25)7-9-21(20)30(26,28)29/h4-5,7,9,11,13-14,19,27H,3,6,8,10,12H2,1-2H3,(H2,26,28,29)/t14?,19-/m1/s1. The van der Waals surface area contributed by atoms with Gasteiger partial charge in [-0.25, -0.2) is 13.6 Å². The topological polar surface area (TPSA) is 72.2 Å². The van der Waals surface area contributed by atoms with Crippen LogP contribution in [0.25, 0.3) is 11.1 Å². The van der Waals surface area contributed by atoms with Crippen molar-refractivity contribution < 1.29 is 21.6 Å². The van der Waals surface area contributed by atoms with E-state index in [4.69, 9.17) is 5.14 Å². The van der Waals surface area contributed by atoms with Crippen LogP contribution in [-0.2, 0) is 22.9 Å². The molecule has 2 aromatic carbocycles. The van der Waals surface area contributed by atoms with Gasteiger partial charge in [-0.1, -0.05) is 31.2 Å². The van der Waals surface area contributed by atoms with Crippen molar-refractivity contribution in [3.05, 3.63) is 53.1 Å². The van der Waals surface area contributed by atoms with Crippen molar-refractivity contribution in [1.29, 1.82) is 0 Å². The quantitative estimate of drug-likeness (QED) is 0.694. The second kappa shape index (κ2) is 8.69. The average Bonchev–Trinajstić information content (AvgIpc) is 2.69. The van der Waals surface area contributed by atoms with Gasteiger partial charge in [0.1, 0.15) is 0 Å². The van der Waals surface area contributed by atoms with Crippen LogP contribution < -0.4 is 10.5 Å². The highest BCUT2D eigenvalue weighted by molar-refractivity contribution is 7.89. The van der Waals surface area contributed by atoms with Crippen molar-refractivity contribution in [3.8, 4) is 11.1 Å². The second-order valence-corrected chi connectivity index (χ2v) is 9.47. The summed E-state index contributed by atoms with van der Waals surface area (Å²) in [6.07, 6.45) is -0.692. The number of primary sulfonamides is 1. The molecule has 0 heterocycles. The molecule has 0 aliphatic heterocycles. The van der Waals surface area contributed by atoms with Crippen LogP contribution >= 0.6 is 0 Å². The fourth-order valence-corrected chi connectivity index (χ4v) is 4.67. The fourth-order valence-electron chi connectivity index (χ4n) is 3.92. The van der Waals surface area contributed by atoms with E-state index in [1.807, 2.05) is 12.1 Å². The van der Waals surface area contributed by atoms with Crippen molar-refractivity contribution in [1.82, 2.24) is 5.32 Å². The molecule has 0 spiro atoms. The number of rotatable bonds is 6. The molecule has 1 unspecified atom stereocenters. The molecule has 0 saturated heterocycles. The minimum atomic E-state index is -4.42. The molecule has 0 bridgehead atoms. The monoisotopic (exact) mass is 440 g/mol. The predicted molar refractivity (Wildman–Crippen MR) is 112 cm³/mol. The Morgan fingerprint density at radius 2 is 1.90 bits per heavy atom. The molecule has 1 aliphatic rings. The lowest BCUT2D eigenvalue weighted by atomic mass is 9.86. The number of nitrogens with one attached hydrogen (secondary N) is 1. The summed E-state index contributed by atoms with van der Waals surface area (Å²) in [5.74, 6) is -1.71. The maximum absolute atomic E-state index is 13.2. The van der Waals surface area contributed by atoms with Crippen LogP contribution in [0.2, 0.25) is 0 Å². The minimum absolute atomic E-state index is 0.00597. The zero-order valence-electron chi connectivity index (χ0n) is 17.1. The van der Waals surface area contributed by atoms with Gasteiger partial charge in [0.15, 0.2) is 0 Å². The third-order valence-electron chi connectivity index (χ3n) is 5.73. The zero-order chi connectivity index (χ0) is 22.1. The zero-order valence-corrected chi connectivity index (χ0v) is 17.9. The number of hydrogen-bond donors (Lipinski definition) is 2. The molecule has 0 amide bonds. The summed E-state index contributed by atoms with van der Waals surface area (Å²) in [6.45, 7) is 4.14. The fraction of sp³-hybridized carbons (Fsp3) is 0.455. The lowest BCUT2D eigenvalue weighted by Crippen LogP contribution is -2.34. The Labute approximate surface area is 175 Å². The third kappa shape index (κ3) is 5.04. The maximum Gasteiger partial charge on any atom is 0.395 e. The Morgan fingerprint density at radius 1 is 1.17 bits per heavy atom. The summed E-state index contributed by atoms with van der Waals surface area (Å²) in [4.78, 5) is -0.168. The van der Waals surface area contributed by atoms with Gasteiger partial charge in [0.05, 0.1) is 10.8 Å². The minimum Gasteiger partial charge on any atom is -0.314 e. The Balaban J connectivity index is 2.02. The number of alkyl halides is 3. The number of sulfonamides is 1. The molecule has 30 heavy (non-hydrogen) atoms. The first-order valence-electron chi connectivity index (χ1n) is 10.1. The highest BCUT2D eigenvalue weighted by Crippen LogP contribution is 2.38. The lowest BCUT2D eigenvalue weighted by Gasteiger charge is -2.26. The number of fused-ring (bicyclic) bond motifs is 1. The van der Waals surface area contributed by atoms with E-state index in [1.165, 1.54) is 23.8 Å². The first-order chi connectivity index (χ1) is 14.0. The van der Waals surface area contributed by atoms with Gasteiger partial charge in [0, 0.05) is 11.6 Å². The van der Waals surface area contributed by atoms with Crippen molar-refractivity contribution in [2.45, 2.75) is 62.6 Å². The third-order valence-corrected chi connectivity index (χ3v) is 6.70. The largest absolute Gasteiger partial charge is 0.395 e. The van der Waals surface area contributed by atoms with Gasteiger partial charge in [-0.2, -0.15) is 13.2 Å². The van der Waals surface area contributed by atoms with Crippen LogP contribution in [0.5, 0.6) is 0 Å². The van der Waals surface area contributed by atoms with E-state index in [2.05, 4.69) is 12.2 Å². The van der Waals surface area contributed by atoms with E-state index in [0.29, 0.717) is 11.6 Å². The first-order valence-corrected chi connectivity index (χ1v) is 11.6. The maximum atomic E-state index is 13.2. The van der Waals surface area contributed by atoms with Crippen LogP contribution in [0.15, 0.2) is 41.3 Å². The Kier molecular flexibility index (Phi) is 6.60. The van der Waals surface area contributed by atoms with Crippen LogP contribution in [-0.4, -0.2) is 27.2 Å². The molecule has 0 aromatic heterocycles. The summed E-state index contributed by atoms with van der Waals surface area (Å²) in [5, 5.41) is 8.87. The molecule has 8 heteroatoms. The average molecular weight is 441 g/mol. The summed E-state index contributed by atoms with van der Waals surface area (Å²) in [5.41, 5.74) is 3.05. The Morgan fingerprint density at radius 3 is 2.53 bits per heavy atom. The Bertz CT molecular complexity index is 1020. The Hall–Kier alpha value is -1.90. The van der Waals surface area contributed by atoms with Crippen molar-refractivity contribution in [3.63, 3.8) is 0 Å². The van der Waals surface area contributed by atoms with Crippen LogP contribution in [0.4, 0.5) is 13.2 Å². The van der Waals surface area contributed by atoms with E-state index >= 15 is 0 Å². The second-order valence-electron chi connectivity index (χ2n) is 7.94. The van der Waals surface area contributed by atoms with Gasteiger partial charge in [-0.05, 0) is 73.5 Å². The number of nitrogens with two attached hydrogens (primary N) is 1. The molecule has 2 atom stereocenters. The van der Waals surface area contributed by atoms with Crippen molar-refractivity contribution in [2.75, 3.05) is 6.54 Å². The van der Waals surface area contributed by atoms with Crippen molar-refractivity contribution in [2.24, 2.45) is 5.14 Å². The van der Waals surface area contributed by atoms with Gasteiger partial charge in [-0.3, -0.25) is 0 Å². The summed E-state index contributed by atoms with van der Waals surface area (Å²) in [6, 6.07) is 9.66. The predicted octanol–water partition coefficient (Wildman–Crippen LogP) is 4.52. The summed E-state index contributed by atoms with van der Waals surface area (Å²) < 4.78 is 63.8. The van der Waals surface area contributed by atoms with Gasteiger partial charge in [0.25, 0.3) is 0 Å². The molecule has 0 saturated carbocycles. The molecular formula is C22H27F3N2O2S. The number of hydrogen-bond acceptors (Lipinski definition) is 3. The molecule has 1 aliphatic carbocycles. The number of halogens is 3. The molecule has 164 valence electrons. The van der Waals surface area contributed by atoms with E-state index in [9.17, 15) is 21.6 Å². The van der Waals surface area contributed by atoms with E-state index < -0.39 is 22.1 Å². The SMILES string of the molecule is CCCN[C@@H]1CCc2cc(-c3cc(C(C)C(F)(F)F)ccc3S(N)(=O)=O)ccc2C1. The summed E-state index contributed by atoms with van der Waals surface area (Å²) in [7, 11) is -4.09. The van der Waals surface area contributed by atoms with Gasteiger partial charge < -0.3 is 5.32 Å². The number of benzene rings is 2. The van der Waals surface area contributed by atoms with Gasteiger partial charge >= 0.3 is 6.18 Å². The highest BCUT2D eigenvalue weighted by Gasteiger charge is 2.37. The molecule has 4 nitrogen and oxygen atoms in total. The van der Waals surface area contributed by atoms with Crippen LogP contribution in [0, 0.1) is 0 Å². The van der Waals surface area contributed by atoms with Crippen LogP contribution in [0.3, 0.4) is 0 Å². The molecule has 0 fully saturated rings. The summed E-state index contributed by atoms with van der Waals surface area (Å²) >= 11 is 0. The molecule has 2 aromatic rings. The van der Waals surface area contributed by atoms with Crippen molar-refractivity contribution >= 4 is 10.0 Å². The molecule has 3 N–H and O–H groups in total. The normalized spacial score (nSPS) is 18.1. The first kappa shape index (κ1) is 22.8. The van der Waals surface area contributed by atoms with E-state index in [1.54, 1.807) is 6.07 Å². The smallest absolute Gasteiger partial charge is 0.314 e. The number of aryl methyl sites for hydroxylation is 1. The van der Waals surface area contributed by atoms with E-state index in [-0.39, 0.29) is 16.0 Å². The van der Waals surface area contributed by atoms with Gasteiger partial charge in [0.2, 0.25) is 10.0 Å². The highest BCUT2D eigenvalue weighted by atomic mass is 32.2. The molecule has 0 radical (unpaired) electrons. The van der Waals surface area contributed by atoms with Gasteiger partial charge in [-0.15, -0.1) is 0 Å². The lowest BCUT2D eigenvalue weighted by molar-refractivity contribution is -0.146. The molecular weight excluding hydrogens is 413 g/mol. The van der Waals surface area contributed by atoms with E-state index in [0.717, 1.165) is 44.7 Å². The molecule has 3 rings (SSSR count). The van der Waals surface area contributed by atoms with Crippen LogP contribution in [0.1, 0.15) is 49.3 Å².